The van der Waals surface area contributed by atoms with Crippen LogP contribution in [0.3, 0.4) is 0 Å². The lowest BCUT2D eigenvalue weighted by Gasteiger charge is -2.27. The smallest absolute Gasteiger partial charge is 0.342 e. The van der Waals surface area contributed by atoms with Crippen molar-refractivity contribution in [3.63, 3.8) is 0 Å². The van der Waals surface area contributed by atoms with Gasteiger partial charge in [-0.3, -0.25) is 0 Å². The number of ether oxygens (including phenoxy) is 3. The number of nitrogens with zero attached hydrogens (tertiary/aromatic N) is 2. The monoisotopic (exact) mass is 464 g/mol. The van der Waals surface area contributed by atoms with Crippen molar-refractivity contribution in [1.29, 1.82) is 0 Å². The van der Waals surface area contributed by atoms with Crippen LogP contribution in [0, 0.1) is 0 Å². The van der Waals surface area contributed by atoms with Gasteiger partial charge in [-0.05, 0) is 58.3 Å². The molecular weight excluding hydrogens is 448 g/mol. The van der Waals surface area contributed by atoms with Gasteiger partial charge >= 0.3 is 5.97 Å². The minimum atomic E-state index is -1.93. The van der Waals surface area contributed by atoms with Gasteiger partial charge < -0.3 is 19.3 Å². The molecule has 4 aromatic rings. The molecule has 0 radical (unpaired) electrons. The van der Waals surface area contributed by atoms with E-state index < -0.39 is 11.8 Å². The second kappa shape index (κ2) is 7.40. The van der Waals surface area contributed by atoms with Crippen LogP contribution in [0.25, 0.3) is 16.6 Å². The summed E-state index contributed by atoms with van der Waals surface area (Å²) in [6, 6.07) is 12.5. The lowest BCUT2D eigenvalue weighted by atomic mass is 9.88. The summed E-state index contributed by atoms with van der Waals surface area (Å²) in [5, 5.41) is 15.7. The van der Waals surface area contributed by atoms with Gasteiger partial charge in [-0.2, -0.15) is 20.1 Å². The molecule has 0 saturated heterocycles. The van der Waals surface area contributed by atoms with E-state index in [1.807, 2.05) is 29.0 Å². The highest BCUT2D eigenvalue weighted by Crippen LogP contribution is 2.47. The number of carbonyl (C=O) groups is 1. The first kappa shape index (κ1) is 19.4. The molecule has 6 rings (SSSR count). The Labute approximate surface area is 190 Å². The summed E-state index contributed by atoms with van der Waals surface area (Å²) < 4.78 is 25.5. The summed E-state index contributed by atoms with van der Waals surface area (Å²) in [5.41, 5.74) is 4.28. The van der Waals surface area contributed by atoms with Crippen LogP contribution < -0.4 is 9.47 Å². The molecule has 2 aliphatic rings. The van der Waals surface area contributed by atoms with E-state index in [4.69, 9.17) is 14.2 Å². The van der Waals surface area contributed by atoms with E-state index in [0.717, 1.165) is 22.8 Å². The zero-order valence-corrected chi connectivity index (χ0v) is 18.2. The highest BCUT2D eigenvalue weighted by Gasteiger charge is 2.48. The molecule has 0 amide bonds. The van der Waals surface area contributed by atoms with Crippen molar-refractivity contribution in [2.45, 2.75) is 12.2 Å². The number of aliphatic hydroxyl groups is 1. The van der Waals surface area contributed by atoms with Crippen molar-refractivity contribution in [2.24, 2.45) is 0 Å². The number of cyclic esters (lactones) is 1. The Bertz CT molecular complexity index is 1380. The first-order valence-corrected chi connectivity index (χ1v) is 11.6. The molecule has 0 fully saturated rings. The van der Waals surface area contributed by atoms with Crippen LogP contribution in [0.1, 0.15) is 16.7 Å². The SMILES string of the molecule is O=C1OC(O)(c2ccc3c(c2)OCCO3)C(Cc2ccsc2)=C1c1ccc2nsnc2c1. The van der Waals surface area contributed by atoms with Crippen LogP contribution in [0.4, 0.5) is 0 Å². The molecule has 1 atom stereocenters. The fourth-order valence-electron chi connectivity index (χ4n) is 4.06. The second-order valence-electron chi connectivity index (χ2n) is 7.52. The lowest BCUT2D eigenvalue weighted by Crippen LogP contribution is -2.30. The van der Waals surface area contributed by atoms with Crippen molar-refractivity contribution in [3.8, 4) is 11.5 Å². The van der Waals surface area contributed by atoms with E-state index in [-0.39, 0.29) is 0 Å². The van der Waals surface area contributed by atoms with Gasteiger partial charge in [0.2, 0.25) is 0 Å². The van der Waals surface area contributed by atoms with Gasteiger partial charge in [-0.1, -0.05) is 6.07 Å². The van der Waals surface area contributed by atoms with Crippen LogP contribution in [-0.2, 0) is 21.7 Å². The summed E-state index contributed by atoms with van der Waals surface area (Å²) in [6.07, 6.45) is 0.350. The van der Waals surface area contributed by atoms with Crippen LogP contribution in [0.5, 0.6) is 11.5 Å². The predicted molar refractivity (Wildman–Crippen MR) is 120 cm³/mol. The largest absolute Gasteiger partial charge is 0.486 e. The Morgan fingerprint density at radius 2 is 1.84 bits per heavy atom. The number of aromatic nitrogens is 2. The minimum absolute atomic E-state index is 0.337. The van der Waals surface area contributed by atoms with E-state index in [0.29, 0.717) is 58.9 Å². The molecule has 9 heteroatoms. The zero-order valence-electron chi connectivity index (χ0n) is 16.6. The molecule has 0 saturated carbocycles. The Morgan fingerprint density at radius 3 is 2.69 bits per heavy atom. The molecule has 1 unspecified atom stereocenters. The predicted octanol–water partition coefficient (Wildman–Crippen LogP) is 3.92. The number of benzene rings is 2. The van der Waals surface area contributed by atoms with Crippen LogP contribution in [0.15, 0.2) is 58.8 Å². The van der Waals surface area contributed by atoms with Gasteiger partial charge in [0.05, 0.1) is 17.3 Å². The Hall–Kier alpha value is -3.27. The van der Waals surface area contributed by atoms with Crippen LogP contribution in [0.2, 0.25) is 0 Å². The fraction of sp³-hybridized carbons (Fsp3) is 0.174. The van der Waals surface area contributed by atoms with Gasteiger partial charge in [0.25, 0.3) is 5.79 Å². The highest BCUT2D eigenvalue weighted by molar-refractivity contribution is 7.08. The van der Waals surface area contributed by atoms with Gasteiger partial charge in [0.1, 0.15) is 24.2 Å². The topological polar surface area (TPSA) is 90.8 Å². The molecule has 160 valence electrons. The van der Waals surface area contributed by atoms with Crippen molar-refractivity contribution in [3.05, 3.63) is 75.5 Å². The lowest BCUT2D eigenvalue weighted by molar-refractivity contribution is -0.185. The molecule has 0 aliphatic carbocycles. The van der Waals surface area contributed by atoms with E-state index >= 15 is 0 Å². The third kappa shape index (κ3) is 3.09. The Morgan fingerprint density at radius 1 is 1.00 bits per heavy atom. The van der Waals surface area contributed by atoms with E-state index in [2.05, 4.69) is 8.75 Å². The third-order valence-corrected chi connectivity index (χ3v) is 6.88. The standard InChI is InChI=1S/C23H16N2O5S2/c26-22-21(14-1-3-17-18(10-14)25-32-24-17)16(9-13-5-8-31-12-13)23(27,30-22)15-2-4-19-20(11-15)29-7-6-28-19/h1-5,8,10-12,27H,6-7,9H2. The number of hydrogen-bond donors (Lipinski definition) is 1. The van der Waals surface area contributed by atoms with Gasteiger partial charge in [0, 0.05) is 17.6 Å². The minimum Gasteiger partial charge on any atom is -0.486 e. The van der Waals surface area contributed by atoms with Gasteiger partial charge in [-0.15, -0.1) is 0 Å². The first-order chi connectivity index (χ1) is 15.6. The molecule has 2 aromatic heterocycles. The van der Waals surface area contributed by atoms with E-state index in [9.17, 15) is 9.90 Å². The molecule has 4 heterocycles. The molecule has 2 aliphatic heterocycles. The molecule has 32 heavy (non-hydrogen) atoms. The average molecular weight is 465 g/mol. The summed E-state index contributed by atoms with van der Waals surface area (Å²) in [7, 11) is 0. The fourth-order valence-corrected chi connectivity index (χ4v) is 5.25. The summed E-state index contributed by atoms with van der Waals surface area (Å²) in [6.45, 7) is 0.881. The molecule has 7 nitrogen and oxygen atoms in total. The number of hydrogen-bond acceptors (Lipinski definition) is 9. The van der Waals surface area contributed by atoms with Crippen molar-refractivity contribution < 1.29 is 24.1 Å². The molecule has 2 aromatic carbocycles. The number of carbonyl (C=O) groups excluding carboxylic acids is 1. The number of fused-ring (bicyclic) bond motifs is 2. The average Bonchev–Trinajstić information content (AvgIpc) is 3.54. The van der Waals surface area contributed by atoms with Gasteiger partial charge in [-0.25, -0.2) is 4.79 Å². The Balaban J connectivity index is 1.53. The van der Waals surface area contributed by atoms with Crippen molar-refractivity contribution >= 4 is 45.6 Å². The van der Waals surface area contributed by atoms with E-state index in [1.54, 1.807) is 35.6 Å². The molecule has 0 spiro atoms. The van der Waals surface area contributed by atoms with Crippen molar-refractivity contribution in [2.75, 3.05) is 13.2 Å². The van der Waals surface area contributed by atoms with Crippen molar-refractivity contribution in [1.82, 2.24) is 8.75 Å². The molecule has 0 bridgehead atoms. The van der Waals surface area contributed by atoms with Crippen LogP contribution in [-0.4, -0.2) is 33.0 Å². The molecular formula is C23H16N2O5S2. The normalized spacial score (nSPS) is 20.1. The second-order valence-corrected chi connectivity index (χ2v) is 8.83. The summed E-state index contributed by atoms with van der Waals surface area (Å²) >= 11 is 2.67. The van der Waals surface area contributed by atoms with Gasteiger partial charge in [0.15, 0.2) is 11.5 Å². The number of thiophene rings is 1. The summed E-state index contributed by atoms with van der Waals surface area (Å²) in [5.74, 6) is -1.41. The zero-order chi connectivity index (χ0) is 21.7. The number of rotatable bonds is 4. The van der Waals surface area contributed by atoms with Crippen LogP contribution >= 0.6 is 23.1 Å². The van der Waals surface area contributed by atoms with E-state index in [1.165, 1.54) is 0 Å². The number of esters is 1. The maximum atomic E-state index is 13.1. The Kier molecular flexibility index (Phi) is 4.49. The third-order valence-electron chi connectivity index (χ3n) is 5.59. The highest BCUT2D eigenvalue weighted by atomic mass is 32.1. The maximum Gasteiger partial charge on any atom is 0.342 e. The quantitative estimate of drug-likeness (QED) is 0.458. The summed E-state index contributed by atoms with van der Waals surface area (Å²) in [4.78, 5) is 13.1. The molecule has 1 N–H and O–H groups in total. The maximum absolute atomic E-state index is 13.1. The first-order valence-electron chi connectivity index (χ1n) is 9.95.